The number of carbonyl (C=O) groups excluding carboxylic acids is 2. The van der Waals surface area contributed by atoms with E-state index >= 15 is 0 Å². The molecule has 1 aliphatic carbocycles. The van der Waals surface area contributed by atoms with Crippen LogP contribution >= 0.6 is 12.2 Å². The van der Waals surface area contributed by atoms with Crippen molar-refractivity contribution >= 4 is 29.0 Å². The fourth-order valence-corrected chi connectivity index (χ4v) is 2.07. The number of nitrogens with two attached hydrogens (primary N) is 1. The Kier molecular flexibility index (Phi) is 3.47. The smallest absolute Gasteiger partial charge is 0.309 e. The van der Waals surface area contributed by atoms with Crippen LogP contribution in [0, 0.1) is 10.8 Å². The van der Waals surface area contributed by atoms with Gasteiger partial charge in [-0.1, -0.05) is 39.9 Å². The van der Waals surface area contributed by atoms with E-state index in [0.717, 1.165) is 0 Å². The van der Waals surface area contributed by atoms with Crippen LogP contribution in [0.15, 0.2) is 0 Å². The summed E-state index contributed by atoms with van der Waals surface area (Å²) >= 11 is 4.60. The zero-order chi connectivity index (χ0) is 13.4. The molecule has 17 heavy (non-hydrogen) atoms. The lowest BCUT2D eigenvalue weighted by atomic mass is 10.0. The molecule has 96 valence electrons. The number of hydrogen-bond acceptors (Lipinski definition) is 3. The average molecular weight is 257 g/mol. The van der Waals surface area contributed by atoms with Crippen molar-refractivity contribution in [2.45, 2.75) is 33.7 Å². The van der Waals surface area contributed by atoms with Gasteiger partial charge < -0.3 is 16.4 Å². The van der Waals surface area contributed by atoms with Gasteiger partial charge in [-0.15, -0.1) is 0 Å². The highest BCUT2D eigenvalue weighted by molar-refractivity contribution is 7.80. The van der Waals surface area contributed by atoms with Gasteiger partial charge in [-0.3, -0.25) is 9.59 Å². The summed E-state index contributed by atoms with van der Waals surface area (Å²) in [7, 11) is 0. The first-order chi connectivity index (χ1) is 7.60. The Labute approximate surface area is 107 Å². The second-order valence-corrected chi connectivity index (χ2v) is 6.02. The van der Waals surface area contributed by atoms with Crippen molar-refractivity contribution in [2.75, 3.05) is 6.54 Å². The molecular formula is C11H19N3O2S. The second kappa shape index (κ2) is 4.25. The van der Waals surface area contributed by atoms with Crippen molar-refractivity contribution < 1.29 is 9.59 Å². The lowest BCUT2D eigenvalue weighted by Crippen LogP contribution is -2.44. The number of hydrogen-bond donors (Lipinski definition) is 3. The Bertz CT molecular complexity index is 363. The number of nitrogens with one attached hydrogen (secondary N) is 2. The van der Waals surface area contributed by atoms with E-state index < -0.39 is 11.8 Å². The van der Waals surface area contributed by atoms with Crippen LogP contribution < -0.4 is 16.4 Å². The van der Waals surface area contributed by atoms with Gasteiger partial charge in [-0.25, -0.2) is 0 Å². The first-order valence-electron chi connectivity index (χ1n) is 5.47. The Morgan fingerprint density at radius 3 is 2.00 bits per heavy atom. The first-order valence-corrected chi connectivity index (χ1v) is 5.88. The van der Waals surface area contributed by atoms with Gasteiger partial charge in [-0.2, -0.15) is 0 Å². The van der Waals surface area contributed by atoms with Crippen LogP contribution in [-0.2, 0) is 9.59 Å². The predicted molar refractivity (Wildman–Crippen MR) is 69.3 cm³/mol. The highest BCUT2D eigenvalue weighted by atomic mass is 32.1. The minimum atomic E-state index is -0.698. The minimum Gasteiger partial charge on any atom is -0.392 e. The lowest BCUT2D eigenvalue weighted by Gasteiger charge is -2.07. The highest BCUT2D eigenvalue weighted by Crippen LogP contribution is 2.62. The molecule has 1 rings (SSSR count). The Morgan fingerprint density at radius 1 is 1.18 bits per heavy atom. The van der Waals surface area contributed by atoms with Crippen molar-refractivity contribution in [3.8, 4) is 0 Å². The van der Waals surface area contributed by atoms with E-state index in [4.69, 9.17) is 5.73 Å². The molecule has 0 aromatic carbocycles. The van der Waals surface area contributed by atoms with E-state index in [1.165, 1.54) is 0 Å². The molecule has 0 spiro atoms. The molecule has 0 heterocycles. The number of thiocarbonyl (C=S) groups is 1. The number of amides is 2. The van der Waals surface area contributed by atoms with Crippen molar-refractivity contribution in [3.63, 3.8) is 0 Å². The van der Waals surface area contributed by atoms with Gasteiger partial charge in [0.25, 0.3) is 0 Å². The molecule has 1 saturated carbocycles. The molecule has 0 unspecified atom stereocenters. The molecule has 1 fully saturated rings. The summed E-state index contributed by atoms with van der Waals surface area (Å²) in [6.45, 7) is 8.28. The van der Waals surface area contributed by atoms with Crippen LogP contribution in [0.25, 0.3) is 0 Å². The Hall–Kier alpha value is -1.17. The maximum Gasteiger partial charge on any atom is 0.309 e. The quantitative estimate of drug-likeness (QED) is 0.488. The summed E-state index contributed by atoms with van der Waals surface area (Å²) in [5.41, 5.74) is 5.24. The second-order valence-electron chi connectivity index (χ2n) is 5.50. The van der Waals surface area contributed by atoms with Crippen molar-refractivity contribution in [1.82, 2.24) is 10.6 Å². The van der Waals surface area contributed by atoms with Gasteiger partial charge in [0.05, 0.1) is 11.5 Å². The molecule has 0 bridgehead atoms. The molecule has 2 amide bonds. The van der Waals surface area contributed by atoms with Gasteiger partial charge in [-0.05, 0) is 10.8 Å². The monoisotopic (exact) mass is 257 g/mol. The third-order valence-electron chi connectivity index (χ3n) is 3.93. The van der Waals surface area contributed by atoms with Crippen molar-refractivity contribution in [2.24, 2.45) is 16.6 Å². The standard InChI is InChI=1S/C11H19N3O2S/c1-10(2)9(11(10,3)4)14-8(16)7(15)13-5-6(12)17/h9H,5H2,1-4H3,(H2,12,17)(H,13,15)(H,14,16). The molecule has 6 heteroatoms. The molecular weight excluding hydrogens is 238 g/mol. The SMILES string of the molecule is CC1(C)C(NC(=O)C(=O)NCC(N)=S)C1(C)C. The summed E-state index contributed by atoms with van der Waals surface area (Å²) in [5.74, 6) is -1.33. The third kappa shape index (κ3) is 2.57. The summed E-state index contributed by atoms with van der Waals surface area (Å²) in [5, 5.41) is 5.08. The minimum absolute atomic E-state index is 0.00606. The van der Waals surface area contributed by atoms with Crippen LogP contribution in [0.5, 0.6) is 0 Å². The van der Waals surface area contributed by atoms with Crippen LogP contribution in [0.2, 0.25) is 0 Å². The maximum absolute atomic E-state index is 11.6. The number of rotatable bonds is 3. The molecule has 5 nitrogen and oxygen atoms in total. The van der Waals surface area contributed by atoms with E-state index in [0.29, 0.717) is 0 Å². The van der Waals surface area contributed by atoms with E-state index in [2.05, 4.69) is 50.5 Å². The summed E-state index contributed by atoms with van der Waals surface area (Å²) < 4.78 is 0. The van der Waals surface area contributed by atoms with Crippen molar-refractivity contribution in [3.05, 3.63) is 0 Å². The summed E-state index contributed by atoms with van der Waals surface area (Å²) in [6, 6.07) is 0.0121. The Balaban J connectivity index is 2.47. The molecule has 0 radical (unpaired) electrons. The molecule has 0 aromatic rings. The largest absolute Gasteiger partial charge is 0.392 e. The lowest BCUT2D eigenvalue weighted by molar-refractivity contribution is -0.139. The van der Waals surface area contributed by atoms with Crippen LogP contribution in [0.4, 0.5) is 0 Å². The van der Waals surface area contributed by atoms with Crippen molar-refractivity contribution in [1.29, 1.82) is 0 Å². The number of carbonyl (C=O) groups is 2. The van der Waals surface area contributed by atoms with E-state index in [1.54, 1.807) is 0 Å². The molecule has 4 N–H and O–H groups in total. The van der Waals surface area contributed by atoms with Gasteiger partial charge in [0, 0.05) is 6.04 Å². The maximum atomic E-state index is 11.6. The molecule has 0 aromatic heterocycles. The van der Waals surface area contributed by atoms with Gasteiger partial charge in [0.2, 0.25) is 0 Å². The normalized spacial score (nSPS) is 20.5. The molecule has 1 aliphatic rings. The third-order valence-corrected chi connectivity index (χ3v) is 4.07. The summed E-state index contributed by atoms with van der Waals surface area (Å²) in [4.78, 5) is 23.1. The molecule has 0 atom stereocenters. The van der Waals surface area contributed by atoms with Crippen LogP contribution in [0.1, 0.15) is 27.7 Å². The zero-order valence-corrected chi connectivity index (χ0v) is 11.4. The van der Waals surface area contributed by atoms with Crippen LogP contribution in [-0.4, -0.2) is 29.4 Å². The first kappa shape index (κ1) is 13.9. The molecule has 0 saturated heterocycles. The summed E-state index contributed by atoms with van der Waals surface area (Å²) in [6.07, 6.45) is 0. The van der Waals surface area contributed by atoms with E-state index in [-0.39, 0.29) is 28.4 Å². The van der Waals surface area contributed by atoms with Gasteiger partial charge in [0.15, 0.2) is 0 Å². The van der Waals surface area contributed by atoms with E-state index in [1.807, 2.05) is 0 Å². The predicted octanol–water partition coefficient (Wildman–Crippen LogP) is -0.0605. The fraction of sp³-hybridized carbons (Fsp3) is 0.727. The fourth-order valence-electron chi connectivity index (χ4n) is 2.00. The Morgan fingerprint density at radius 2 is 1.65 bits per heavy atom. The zero-order valence-electron chi connectivity index (χ0n) is 10.6. The molecule has 0 aliphatic heterocycles. The topological polar surface area (TPSA) is 84.2 Å². The average Bonchev–Trinajstić information content (AvgIpc) is 2.57. The van der Waals surface area contributed by atoms with Gasteiger partial charge in [0.1, 0.15) is 0 Å². The van der Waals surface area contributed by atoms with Crippen LogP contribution in [0.3, 0.4) is 0 Å². The highest BCUT2D eigenvalue weighted by Gasteiger charge is 2.65. The van der Waals surface area contributed by atoms with Gasteiger partial charge >= 0.3 is 11.8 Å². The van der Waals surface area contributed by atoms with E-state index in [9.17, 15) is 9.59 Å².